The Hall–Kier alpha value is -1.32. The van der Waals surface area contributed by atoms with Crippen molar-refractivity contribution in [3.8, 4) is 0 Å². The molecule has 1 aromatic heterocycles. The average molecular weight is 479 g/mol. The third kappa shape index (κ3) is 4.72. The summed E-state index contributed by atoms with van der Waals surface area (Å²) in [7, 11) is -3.45. The Morgan fingerprint density at radius 2 is 1.59 bits per heavy atom. The zero-order valence-corrected chi connectivity index (χ0v) is 18.8. The summed E-state index contributed by atoms with van der Waals surface area (Å²) >= 11 is 3.37. The molecule has 2 saturated heterocycles. The van der Waals surface area contributed by atoms with Crippen LogP contribution in [0, 0.1) is 5.92 Å². The molecule has 0 radical (unpaired) electrons. The van der Waals surface area contributed by atoms with Gasteiger partial charge < -0.3 is 5.32 Å². The zero-order chi connectivity index (χ0) is 20.3. The van der Waals surface area contributed by atoms with Gasteiger partial charge in [0.1, 0.15) is 0 Å². The first-order chi connectivity index (χ1) is 14.1. The minimum absolute atomic E-state index is 0.317. The molecule has 29 heavy (non-hydrogen) atoms. The van der Waals surface area contributed by atoms with Gasteiger partial charge in [-0.1, -0.05) is 15.9 Å². The SMILES string of the molecule is O=S(=O)(c1ccc(Br)cc1)N1CCN(C(c2ccncc2)C2CCNCC2)CC1. The first-order valence-corrected chi connectivity index (χ1v) is 12.4. The minimum Gasteiger partial charge on any atom is -0.317 e. The first-order valence-electron chi connectivity index (χ1n) is 10.2. The molecule has 0 spiro atoms. The number of aromatic nitrogens is 1. The smallest absolute Gasteiger partial charge is 0.243 e. The fraction of sp³-hybridized carbons (Fsp3) is 0.476. The summed E-state index contributed by atoms with van der Waals surface area (Å²) in [6.07, 6.45) is 6.00. The highest BCUT2D eigenvalue weighted by Crippen LogP contribution is 2.35. The molecule has 4 rings (SSSR count). The van der Waals surface area contributed by atoms with E-state index in [1.54, 1.807) is 28.6 Å². The van der Waals surface area contributed by atoms with Crippen molar-refractivity contribution in [2.24, 2.45) is 5.92 Å². The Morgan fingerprint density at radius 3 is 2.21 bits per heavy atom. The van der Waals surface area contributed by atoms with Crippen molar-refractivity contribution >= 4 is 26.0 Å². The highest BCUT2D eigenvalue weighted by Gasteiger charge is 2.35. The summed E-state index contributed by atoms with van der Waals surface area (Å²) in [5, 5.41) is 3.45. The summed E-state index contributed by atoms with van der Waals surface area (Å²) in [6.45, 7) is 4.61. The highest BCUT2D eigenvalue weighted by atomic mass is 79.9. The van der Waals surface area contributed by atoms with E-state index >= 15 is 0 Å². The second-order valence-corrected chi connectivity index (χ2v) is 10.6. The lowest BCUT2D eigenvalue weighted by Gasteiger charge is -2.43. The van der Waals surface area contributed by atoms with Crippen LogP contribution in [-0.4, -0.2) is 61.9 Å². The first kappa shape index (κ1) is 20.9. The number of nitrogens with zero attached hydrogens (tertiary/aromatic N) is 3. The fourth-order valence-corrected chi connectivity index (χ4v) is 6.17. The molecule has 1 unspecified atom stereocenters. The van der Waals surface area contributed by atoms with Gasteiger partial charge in [-0.25, -0.2) is 8.42 Å². The molecule has 156 valence electrons. The molecule has 0 bridgehead atoms. The van der Waals surface area contributed by atoms with Crippen LogP contribution < -0.4 is 5.32 Å². The summed E-state index contributed by atoms with van der Waals surface area (Å²) in [5.41, 5.74) is 1.29. The summed E-state index contributed by atoms with van der Waals surface area (Å²) in [5.74, 6) is 0.577. The molecule has 0 amide bonds. The van der Waals surface area contributed by atoms with Gasteiger partial charge in [-0.3, -0.25) is 9.88 Å². The standard InChI is InChI=1S/C21H27BrN4O2S/c22-19-1-3-20(4-2-19)29(27,28)26-15-13-25(14-16-26)21(17-5-9-23-10-6-17)18-7-11-24-12-8-18/h1-6,9-10,18,21,24H,7-8,11-16H2. The molecule has 0 saturated carbocycles. The number of hydrogen-bond donors (Lipinski definition) is 1. The normalized spacial score (nSPS) is 21.1. The van der Waals surface area contributed by atoms with Crippen molar-refractivity contribution in [2.45, 2.75) is 23.8 Å². The van der Waals surface area contributed by atoms with Crippen LogP contribution >= 0.6 is 15.9 Å². The largest absolute Gasteiger partial charge is 0.317 e. The van der Waals surface area contributed by atoms with Gasteiger partial charge in [0.05, 0.1) is 4.90 Å². The lowest BCUT2D eigenvalue weighted by molar-refractivity contribution is 0.0851. The number of piperazine rings is 1. The molecule has 2 aliphatic rings. The van der Waals surface area contributed by atoms with Crippen LogP contribution in [0.15, 0.2) is 58.2 Å². The Labute approximate surface area is 181 Å². The molecule has 8 heteroatoms. The third-order valence-corrected chi connectivity index (χ3v) is 8.44. The van der Waals surface area contributed by atoms with Crippen molar-refractivity contribution in [3.05, 3.63) is 58.8 Å². The minimum atomic E-state index is -3.45. The van der Waals surface area contributed by atoms with E-state index in [0.29, 0.717) is 29.9 Å². The summed E-state index contributed by atoms with van der Waals surface area (Å²) in [4.78, 5) is 7.01. The molecule has 2 aromatic rings. The van der Waals surface area contributed by atoms with Crippen molar-refractivity contribution in [3.63, 3.8) is 0 Å². The van der Waals surface area contributed by atoms with Crippen LogP contribution in [0.1, 0.15) is 24.4 Å². The summed E-state index contributed by atoms with van der Waals surface area (Å²) < 4.78 is 28.5. The number of nitrogens with one attached hydrogen (secondary N) is 1. The van der Waals surface area contributed by atoms with Crippen LogP contribution in [0.4, 0.5) is 0 Å². The topological polar surface area (TPSA) is 65.5 Å². The molecular formula is C21H27BrN4O2S. The lowest BCUT2D eigenvalue weighted by Crippen LogP contribution is -2.51. The summed E-state index contributed by atoms with van der Waals surface area (Å²) in [6, 6.07) is 11.4. The number of rotatable bonds is 5. The van der Waals surface area contributed by atoms with E-state index in [1.165, 1.54) is 5.56 Å². The molecule has 6 nitrogen and oxygen atoms in total. The zero-order valence-electron chi connectivity index (χ0n) is 16.4. The quantitative estimate of drug-likeness (QED) is 0.715. The predicted molar refractivity (Wildman–Crippen MR) is 117 cm³/mol. The van der Waals surface area contributed by atoms with E-state index in [-0.39, 0.29) is 0 Å². The predicted octanol–water partition coefficient (Wildman–Crippen LogP) is 2.89. The van der Waals surface area contributed by atoms with E-state index in [0.717, 1.165) is 43.5 Å². The van der Waals surface area contributed by atoms with E-state index in [4.69, 9.17) is 0 Å². The lowest BCUT2D eigenvalue weighted by atomic mass is 9.85. The number of halogens is 1. The molecule has 1 N–H and O–H groups in total. The number of sulfonamides is 1. The maximum atomic E-state index is 13.0. The Kier molecular flexibility index (Phi) is 6.66. The Morgan fingerprint density at radius 1 is 0.966 bits per heavy atom. The molecule has 3 heterocycles. The van der Waals surface area contributed by atoms with Crippen LogP contribution in [-0.2, 0) is 10.0 Å². The number of hydrogen-bond acceptors (Lipinski definition) is 5. The van der Waals surface area contributed by atoms with Crippen molar-refractivity contribution in [1.82, 2.24) is 19.5 Å². The van der Waals surface area contributed by atoms with E-state index in [9.17, 15) is 8.42 Å². The Balaban J connectivity index is 1.49. The van der Waals surface area contributed by atoms with Gasteiger partial charge in [0.2, 0.25) is 10.0 Å². The maximum absolute atomic E-state index is 13.0. The molecule has 2 aliphatic heterocycles. The van der Waals surface area contributed by atoms with Gasteiger partial charge in [-0.15, -0.1) is 0 Å². The van der Waals surface area contributed by atoms with Gasteiger partial charge >= 0.3 is 0 Å². The van der Waals surface area contributed by atoms with Gasteiger partial charge in [0.15, 0.2) is 0 Å². The van der Waals surface area contributed by atoms with Gasteiger partial charge in [0.25, 0.3) is 0 Å². The van der Waals surface area contributed by atoms with Crippen molar-refractivity contribution in [2.75, 3.05) is 39.3 Å². The molecule has 1 atom stereocenters. The highest BCUT2D eigenvalue weighted by molar-refractivity contribution is 9.10. The second kappa shape index (κ2) is 9.22. The Bertz CT molecular complexity index is 894. The van der Waals surface area contributed by atoms with Gasteiger partial charge in [-0.2, -0.15) is 4.31 Å². The second-order valence-electron chi connectivity index (χ2n) is 7.71. The number of pyridine rings is 1. The number of piperidine rings is 1. The molecule has 1 aromatic carbocycles. The monoisotopic (exact) mass is 478 g/mol. The third-order valence-electron chi connectivity index (χ3n) is 6.00. The number of benzene rings is 1. The van der Waals surface area contributed by atoms with Crippen LogP contribution in [0.5, 0.6) is 0 Å². The molecular weight excluding hydrogens is 452 g/mol. The van der Waals surface area contributed by atoms with Crippen LogP contribution in [0.25, 0.3) is 0 Å². The molecule has 0 aliphatic carbocycles. The van der Waals surface area contributed by atoms with Crippen molar-refractivity contribution < 1.29 is 8.42 Å². The van der Waals surface area contributed by atoms with Crippen LogP contribution in [0.2, 0.25) is 0 Å². The maximum Gasteiger partial charge on any atom is 0.243 e. The van der Waals surface area contributed by atoms with Crippen LogP contribution in [0.3, 0.4) is 0 Å². The molecule has 2 fully saturated rings. The van der Waals surface area contributed by atoms with Gasteiger partial charge in [-0.05, 0) is 73.8 Å². The van der Waals surface area contributed by atoms with Crippen molar-refractivity contribution in [1.29, 1.82) is 0 Å². The van der Waals surface area contributed by atoms with Gasteiger partial charge in [0, 0.05) is 49.1 Å². The van der Waals surface area contributed by atoms with E-state index in [2.05, 4.69) is 43.3 Å². The van der Waals surface area contributed by atoms with E-state index < -0.39 is 10.0 Å². The fourth-order valence-electron chi connectivity index (χ4n) is 4.48. The average Bonchev–Trinajstić information content (AvgIpc) is 2.76. The van der Waals surface area contributed by atoms with E-state index in [1.807, 2.05) is 12.4 Å².